The quantitative estimate of drug-likeness (QED) is 0.792. The Bertz CT molecular complexity index is 433. The highest BCUT2D eigenvalue weighted by Crippen LogP contribution is 2.41. The Labute approximate surface area is 102 Å². The first-order chi connectivity index (χ1) is 8.29. The van der Waals surface area contributed by atoms with Crippen molar-refractivity contribution < 1.29 is 4.79 Å². The Morgan fingerprint density at radius 1 is 1.18 bits per heavy atom. The minimum Gasteiger partial charge on any atom is -0.324 e. The second-order valence-corrected chi connectivity index (χ2v) is 5.32. The maximum Gasteiger partial charge on any atom is 0.176 e. The Kier molecular flexibility index (Phi) is 2.75. The molecule has 0 radical (unpaired) electrons. The van der Waals surface area contributed by atoms with Crippen LogP contribution in [0.1, 0.15) is 58.6 Å². The van der Waals surface area contributed by atoms with Crippen LogP contribution >= 0.6 is 0 Å². The molecular formula is C15H19NO. The van der Waals surface area contributed by atoms with E-state index in [2.05, 4.69) is 12.1 Å². The summed E-state index contributed by atoms with van der Waals surface area (Å²) in [7, 11) is 0. The zero-order valence-electron chi connectivity index (χ0n) is 10.2. The molecule has 1 aromatic rings. The van der Waals surface area contributed by atoms with Crippen LogP contribution in [-0.2, 0) is 12.8 Å². The maximum atomic E-state index is 11.7. The van der Waals surface area contributed by atoms with Gasteiger partial charge >= 0.3 is 0 Å². The van der Waals surface area contributed by atoms with Gasteiger partial charge in [0.05, 0.1) is 6.54 Å². The molecule has 90 valence electrons. The number of hydrogen-bond donors (Lipinski definition) is 1. The van der Waals surface area contributed by atoms with Gasteiger partial charge in [-0.2, -0.15) is 0 Å². The smallest absolute Gasteiger partial charge is 0.176 e. The number of rotatable bonds is 2. The normalized spacial score (nSPS) is 18.9. The van der Waals surface area contributed by atoms with Crippen molar-refractivity contribution in [3.8, 4) is 0 Å². The van der Waals surface area contributed by atoms with Crippen molar-refractivity contribution in [1.82, 2.24) is 0 Å². The largest absolute Gasteiger partial charge is 0.324 e. The van der Waals surface area contributed by atoms with E-state index in [1.165, 1.54) is 36.8 Å². The van der Waals surface area contributed by atoms with Crippen LogP contribution in [-0.4, -0.2) is 12.3 Å². The van der Waals surface area contributed by atoms with Crippen molar-refractivity contribution in [3.63, 3.8) is 0 Å². The molecule has 2 heteroatoms. The summed E-state index contributed by atoms with van der Waals surface area (Å²) < 4.78 is 0. The molecule has 3 rings (SSSR count). The van der Waals surface area contributed by atoms with Gasteiger partial charge in [0.2, 0.25) is 0 Å². The maximum absolute atomic E-state index is 11.7. The van der Waals surface area contributed by atoms with Crippen LogP contribution in [0.2, 0.25) is 0 Å². The molecule has 0 aromatic heterocycles. The number of ketones is 1. The van der Waals surface area contributed by atoms with Crippen LogP contribution < -0.4 is 5.73 Å². The molecule has 2 aliphatic rings. The molecule has 0 amide bonds. The number of aryl methyl sites for hydroxylation is 2. The van der Waals surface area contributed by atoms with Gasteiger partial charge in [0, 0.05) is 5.56 Å². The Morgan fingerprint density at radius 3 is 2.29 bits per heavy atom. The van der Waals surface area contributed by atoms with Crippen molar-refractivity contribution in [2.24, 2.45) is 5.73 Å². The molecule has 0 saturated heterocycles. The lowest BCUT2D eigenvalue weighted by Crippen LogP contribution is -2.20. The Hall–Kier alpha value is -1.15. The predicted molar refractivity (Wildman–Crippen MR) is 68.4 cm³/mol. The lowest BCUT2D eigenvalue weighted by Gasteiger charge is -2.32. The summed E-state index contributed by atoms with van der Waals surface area (Å²) >= 11 is 0. The molecule has 1 aromatic carbocycles. The van der Waals surface area contributed by atoms with Crippen molar-refractivity contribution >= 4 is 5.78 Å². The number of carbonyl (C=O) groups excluding carboxylic acids is 1. The van der Waals surface area contributed by atoms with Crippen LogP contribution in [0, 0.1) is 0 Å². The molecule has 2 N–H and O–H groups in total. The average molecular weight is 229 g/mol. The summed E-state index contributed by atoms with van der Waals surface area (Å²) in [5.41, 5.74) is 10.7. The van der Waals surface area contributed by atoms with Gasteiger partial charge < -0.3 is 5.73 Å². The number of nitrogens with two attached hydrogens (primary N) is 1. The molecule has 0 fully saturated rings. The zero-order chi connectivity index (χ0) is 11.8. The lowest BCUT2D eigenvalue weighted by atomic mass is 9.73. The van der Waals surface area contributed by atoms with Gasteiger partial charge in [0.1, 0.15) is 0 Å². The van der Waals surface area contributed by atoms with Gasteiger partial charge in [-0.25, -0.2) is 0 Å². The number of benzene rings is 1. The Balaban J connectivity index is 2.11. The third-order valence-corrected chi connectivity index (χ3v) is 4.26. The first-order valence-corrected chi connectivity index (χ1v) is 6.68. The average Bonchev–Trinajstić information content (AvgIpc) is 2.38. The van der Waals surface area contributed by atoms with E-state index in [9.17, 15) is 4.79 Å². The van der Waals surface area contributed by atoms with Crippen LogP contribution in [0.4, 0.5) is 0 Å². The van der Waals surface area contributed by atoms with Crippen LogP contribution in [0.15, 0.2) is 12.1 Å². The van der Waals surface area contributed by atoms with Gasteiger partial charge in [-0.15, -0.1) is 0 Å². The molecule has 0 unspecified atom stereocenters. The Morgan fingerprint density at radius 2 is 1.76 bits per heavy atom. The third-order valence-electron chi connectivity index (χ3n) is 4.26. The molecule has 0 saturated carbocycles. The van der Waals surface area contributed by atoms with Crippen LogP contribution in [0.25, 0.3) is 0 Å². The fraction of sp³-hybridized carbons (Fsp3) is 0.533. The van der Waals surface area contributed by atoms with Crippen molar-refractivity contribution in [2.75, 3.05) is 6.54 Å². The lowest BCUT2D eigenvalue weighted by molar-refractivity contribution is 0.100. The van der Waals surface area contributed by atoms with E-state index in [1.54, 1.807) is 5.56 Å². The van der Waals surface area contributed by atoms with Gasteiger partial charge in [-0.3, -0.25) is 4.79 Å². The second-order valence-electron chi connectivity index (χ2n) is 5.32. The van der Waals surface area contributed by atoms with E-state index in [0.29, 0.717) is 0 Å². The first kappa shape index (κ1) is 11.0. The van der Waals surface area contributed by atoms with E-state index in [1.807, 2.05) is 0 Å². The van der Waals surface area contributed by atoms with Crippen LogP contribution in [0.5, 0.6) is 0 Å². The van der Waals surface area contributed by atoms with E-state index in [-0.39, 0.29) is 12.3 Å². The minimum atomic E-state index is 0.0803. The topological polar surface area (TPSA) is 43.1 Å². The predicted octanol–water partition coefficient (Wildman–Crippen LogP) is 2.58. The monoisotopic (exact) mass is 229 g/mol. The summed E-state index contributed by atoms with van der Waals surface area (Å²) in [4.78, 5) is 11.7. The molecule has 0 atom stereocenters. The summed E-state index contributed by atoms with van der Waals surface area (Å²) in [6, 6.07) is 4.21. The molecule has 0 spiro atoms. The van der Waals surface area contributed by atoms with E-state index < -0.39 is 0 Å². The summed E-state index contributed by atoms with van der Waals surface area (Å²) in [6.45, 7) is 0.127. The van der Waals surface area contributed by atoms with Crippen molar-refractivity contribution in [3.05, 3.63) is 34.4 Å². The van der Waals surface area contributed by atoms with Gasteiger partial charge in [-0.1, -0.05) is 0 Å². The molecule has 17 heavy (non-hydrogen) atoms. The fourth-order valence-corrected chi connectivity index (χ4v) is 3.51. The third kappa shape index (κ3) is 1.81. The van der Waals surface area contributed by atoms with Gasteiger partial charge in [0.15, 0.2) is 5.78 Å². The standard InChI is InChI=1S/C15H19NO/c16-9-14(17)13-7-11-5-1-3-10-4-2-6-12(8-13)15(10)11/h7-8,10H,1-6,9,16H2. The second kappa shape index (κ2) is 4.26. The van der Waals surface area contributed by atoms with Crippen molar-refractivity contribution in [2.45, 2.75) is 44.4 Å². The highest BCUT2D eigenvalue weighted by molar-refractivity contribution is 5.98. The molecule has 0 aliphatic heterocycles. The van der Waals surface area contributed by atoms with Gasteiger partial charge in [-0.05, 0) is 73.3 Å². The summed E-state index contributed by atoms with van der Waals surface area (Å²) in [5.74, 6) is 0.848. The number of carbonyl (C=O) groups is 1. The molecule has 0 bridgehead atoms. The molecule has 0 heterocycles. The van der Waals surface area contributed by atoms with Crippen molar-refractivity contribution in [1.29, 1.82) is 0 Å². The molecule has 2 nitrogen and oxygen atoms in total. The highest BCUT2D eigenvalue weighted by atomic mass is 16.1. The minimum absolute atomic E-state index is 0.0803. The molecule has 2 aliphatic carbocycles. The SMILES string of the molecule is NCC(=O)c1cc2c3c(c1)CCCC3CCC2. The molecular weight excluding hydrogens is 210 g/mol. The van der Waals surface area contributed by atoms with E-state index in [4.69, 9.17) is 5.73 Å². The van der Waals surface area contributed by atoms with Gasteiger partial charge in [0.25, 0.3) is 0 Å². The first-order valence-electron chi connectivity index (χ1n) is 6.68. The summed E-state index contributed by atoms with van der Waals surface area (Å²) in [6.07, 6.45) is 7.51. The fourth-order valence-electron chi connectivity index (χ4n) is 3.51. The van der Waals surface area contributed by atoms with Crippen LogP contribution in [0.3, 0.4) is 0 Å². The van der Waals surface area contributed by atoms with E-state index in [0.717, 1.165) is 24.3 Å². The summed E-state index contributed by atoms with van der Waals surface area (Å²) in [5, 5.41) is 0. The number of Topliss-reactive ketones (excluding diaryl/α,β-unsaturated/α-hetero) is 1. The van der Waals surface area contributed by atoms with E-state index >= 15 is 0 Å². The highest BCUT2D eigenvalue weighted by Gasteiger charge is 2.27. The number of hydrogen-bond acceptors (Lipinski definition) is 2. The zero-order valence-corrected chi connectivity index (χ0v) is 10.2.